The van der Waals surface area contributed by atoms with Gasteiger partial charge in [0.15, 0.2) is 5.58 Å². The van der Waals surface area contributed by atoms with E-state index in [-0.39, 0.29) is 6.01 Å². The van der Waals surface area contributed by atoms with Crippen LogP contribution in [0, 0.1) is 0 Å². The number of para-hydroxylation sites is 2. The second-order valence-corrected chi connectivity index (χ2v) is 4.51. The van der Waals surface area contributed by atoms with Gasteiger partial charge in [0.1, 0.15) is 5.52 Å². The van der Waals surface area contributed by atoms with Crippen molar-refractivity contribution in [3.63, 3.8) is 0 Å². The lowest BCUT2D eigenvalue weighted by Gasteiger charge is -1.98. The fraction of sp³-hybridized carbons (Fsp3) is 0. The van der Waals surface area contributed by atoms with Crippen LogP contribution in [0.3, 0.4) is 0 Å². The summed E-state index contributed by atoms with van der Waals surface area (Å²) < 4.78 is 11.0. The molecule has 0 atom stereocenters. The maximum Gasteiger partial charge on any atom is 0.313 e. The van der Waals surface area contributed by atoms with E-state index in [1.165, 1.54) is 0 Å². The van der Waals surface area contributed by atoms with Gasteiger partial charge in [0.25, 0.3) is 0 Å². The average molecular weight is 278 g/mol. The second-order valence-electron chi connectivity index (χ2n) is 4.51. The van der Waals surface area contributed by atoms with Crippen molar-refractivity contribution in [2.45, 2.75) is 0 Å². The lowest BCUT2D eigenvalue weighted by Crippen LogP contribution is -1.81. The van der Waals surface area contributed by atoms with Gasteiger partial charge in [0.05, 0.1) is 0 Å². The van der Waals surface area contributed by atoms with Gasteiger partial charge >= 0.3 is 6.01 Å². The zero-order chi connectivity index (χ0) is 14.2. The Labute approximate surface area is 119 Å². The molecule has 0 spiro atoms. The first kappa shape index (κ1) is 11.7. The number of hydrogen-bond acceptors (Lipinski definition) is 6. The minimum absolute atomic E-state index is 0.0391. The van der Waals surface area contributed by atoms with Gasteiger partial charge in [-0.15, -0.1) is 5.10 Å². The molecular weight excluding hydrogens is 268 g/mol. The lowest BCUT2D eigenvalue weighted by atomic mass is 10.1. The van der Waals surface area contributed by atoms with Gasteiger partial charge in [-0.2, -0.15) is 0 Å². The molecule has 6 nitrogen and oxygen atoms in total. The minimum Gasteiger partial charge on any atom is -0.436 e. The predicted octanol–water partition coefficient (Wildman–Crippen LogP) is 3.13. The van der Waals surface area contributed by atoms with E-state index >= 15 is 0 Å². The van der Waals surface area contributed by atoms with E-state index in [1.807, 2.05) is 48.5 Å². The maximum atomic E-state index is 5.75. The number of nitrogens with zero attached hydrogens (tertiary/aromatic N) is 3. The molecule has 2 heterocycles. The molecule has 0 fully saturated rings. The highest BCUT2D eigenvalue weighted by Gasteiger charge is 2.11. The summed E-state index contributed by atoms with van der Waals surface area (Å²) in [7, 11) is 0. The molecule has 0 unspecified atom stereocenters. The highest BCUT2D eigenvalue weighted by atomic mass is 16.4. The highest BCUT2D eigenvalue weighted by Crippen LogP contribution is 2.27. The minimum atomic E-state index is 0.0391. The highest BCUT2D eigenvalue weighted by molar-refractivity contribution is 5.76. The van der Waals surface area contributed by atoms with E-state index in [1.54, 1.807) is 0 Å². The quantitative estimate of drug-likeness (QED) is 0.605. The molecule has 0 amide bonds. The van der Waals surface area contributed by atoms with Crippen molar-refractivity contribution >= 4 is 17.1 Å². The van der Waals surface area contributed by atoms with Gasteiger partial charge in [-0.1, -0.05) is 23.3 Å². The van der Waals surface area contributed by atoms with Crippen molar-refractivity contribution in [2.24, 2.45) is 0 Å². The van der Waals surface area contributed by atoms with E-state index in [4.69, 9.17) is 14.6 Å². The average Bonchev–Trinajstić information content (AvgIpc) is 3.13. The topological polar surface area (TPSA) is 91.0 Å². The Balaban J connectivity index is 1.81. The molecule has 0 aliphatic heterocycles. The summed E-state index contributed by atoms with van der Waals surface area (Å²) >= 11 is 0. The van der Waals surface area contributed by atoms with Crippen molar-refractivity contribution in [3.05, 3.63) is 48.5 Å². The number of benzene rings is 2. The van der Waals surface area contributed by atoms with Crippen molar-refractivity contribution < 1.29 is 8.83 Å². The molecule has 2 aromatic heterocycles. The van der Waals surface area contributed by atoms with Gasteiger partial charge < -0.3 is 14.6 Å². The molecule has 0 bridgehead atoms. The van der Waals surface area contributed by atoms with Crippen LogP contribution in [0.2, 0.25) is 0 Å². The molecule has 6 heteroatoms. The maximum absolute atomic E-state index is 5.75. The number of hydrogen-bond donors (Lipinski definition) is 1. The molecule has 4 rings (SSSR count). The SMILES string of the molecule is Nc1nnc(-c2cccc(-c3nc4ccccc4o3)c2)o1. The number of anilines is 1. The Kier molecular flexibility index (Phi) is 2.47. The largest absolute Gasteiger partial charge is 0.436 e. The summed E-state index contributed by atoms with van der Waals surface area (Å²) in [6.07, 6.45) is 0. The third-order valence-corrected chi connectivity index (χ3v) is 3.09. The monoisotopic (exact) mass is 278 g/mol. The van der Waals surface area contributed by atoms with E-state index < -0.39 is 0 Å². The number of aromatic nitrogens is 3. The lowest BCUT2D eigenvalue weighted by molar-refractivity contribution is 0.590. The molecule has 0 saturated heterocycles. The molecule has 0 saturated carbocycles. The van der Waals surface area contributed by atoms with E-state index in [0.29, 0.717) is 11.8 Å². The molecular formula is C15H10N4O2. The fourth-order valence-electron chi connectivity index (χ4n) is 2.13. The van der Waals surface area contributed by atoms with Crippen molar-refractivity contribution in [1.29, 1.82) is 0 Å². The smallest absolute Gasteiger partial charge is 0.313 e. The molecule has 0 radical (unpaired) electrons. The van der Waals surface area contributed by atoms with Crippen molar-refractivity contribution in [1.82, 2.24) is 15.2 Å². The van der Waals surface area contributed by atoms with E-state index in [0.717, 1.165) is 22.2 Å². The number of rotatable bonds is 2. The fourth-order valence-corrected chi connectivity index (χ4v) is 2.13. The van der Waals surface area contributed by atoms with Crippen molar-refractivity contribution in [2.75, 3.05) is 5.73 Å². The van der Waals surface area contributed by atoms with Crippen LogP contribution in [0.15, 0.2) is 57.4 Å². The first-order chi connectivity index (χ1) is 10.3. The zero-order valence-electron chi connectivity index (χ0n) is 10.9. The molecule has 21 heavy (non-hydrogen) atoms. The van der Waals surface area contributed by atoms with Crippen LogP contribution in [-0.2, 0) is 0 Å². The molecule has 2 aromatic carbocycles. The molecule has 4 aromatic rings. The van der Waals surface area contributed by atoms with Crippen LogP contribution in [0.25, 0.3) is 34.0 Å². The predicted molar refractivity (Wildman–Crippen MR) is 77.1 cm³/mol. The van der Waals surface area contributed by atoms with Crippen LogP contribution >= 0.6 is 0 Å². The van der Waals surface area contributed by atoms with E-state index in [9.17, 15) is 0 Å². The van der Waals surface area contributed by atoms with Crippen LogP contribution in [-0.4, -0.2) is 15.2 Å². The van der Waals surface area contributed by atoms with Gasteiger partial charge in [-0.25, -0.2) is 4.98 Å². The summed E-state index contributed by atoms with van der Waals surface area (Å²) in [5.74, 6) is 0.913. The Morgan fingerprint density at radius 2 is 1.62 bits per heavy atom. The second kappa shape index (κ2) is 4.45. The Hall–Kier alpha value is -3.15. The number of nitrogens with two attached hydrogens (primary N) is 1. The van der Waals surface area contributed by atoms with Gasteiger partial charge in [0, 0.05) is 11.1 Å². The van der Waals surface area contributed by atoms with Gasteiger partial charge in [0.2, 0.25) is 11.8 Å². The number of nitrogen functional groups attached to an aromatic ring is 1. The first-order valence-electron chi connectivity index (χ1n) is 6.35. The van der Waals surface area contributed by atoms with Gasteiger partial charge in [-0.05, 0) is 30.3 Å². The summed E-state index contributed by atoms with van der Waals surface area (Å²) in [6.45, 7) is 0. The molecule has 102 valence electrons. The Bertz CT molecular complexity index is 893. The molecule has 0 aliphatic rings. The third kappa shape index (κ3) is 2.02. The van der Waals surface area contributed by atoms with Gasteiger partial charge in [-0.3, -0.25) is 0 Å². The van der Waals surface area contributed by atoms with Crippen molar-refractivity contribution in [3.8, 4) is 22.9 Å². The van der Waals surface area contributed by atoms with Crippen LogP contribution in [0.4, 0.5) is 6.01 Å². The Morgan fingerprint density at radius 3 is 2.38 bits per heavy atom. The summed E-state index contributed by atoms with van der Waals surface area (Å²) in [5, 5.41) is 7.52. The Morgan fingerprint density at radius 1 is 0.810 bits per heavy atom. The molecule has 2 N–H and O–H groups in total. The first-order valence-corrected chi connectivity index (χ1v) is 6.35. The van der Waals surface area contributed by atoms with Crippen LogP contribution < -0.4 is 5.73 Å². The summed E-state index contributed by atoms with van der Waals surface area (Å²) in [6, 6.07) is 15.2. The zero-order valence-corrected chi connectivity index (χ0v) is 10.9. The standard InChI is InChI=1S/C15H10N4O2/c16-15-19-18-14(21-15)10-5-3-4-9(8-10)13-17-11-6-1-2-7-12(11)20-13/h1-8H,(H2,16,19). The van der Waals surface area contributed by atoms with E-state index in [2.05, 4.69) is 15.2 Å². The number of fused-ring (bicyclic) bond motifs is 1. The summed E-state index contributed by atoms with van der Waals surface area (Å²) in [5.41, 5.74) is 8.61. The number of oxazole rings is 1. The molecule has 0 aliphatic carbocycles. The van der Waals surface area contributed by atoms with Crippen LogP contribution in [0.1, 0.15) is 0 Å². The summed E-state index contributed by atoms with van der Waals surface area (Å²) in [4.78, 5) is 4.46. The normalized spacial score (nSPS) is 11.0. The van der Waals surface area contributed by atoms with Crippen LogP contribution in [0.5, 0.6) is 0 Å². The third-order valence-electron chi connectivity index (χ3n) is 3.09.